The zero-order valence-corrected chi connectivity index (χ0v) is 11.6. The maximum atomic E-state index is 13.8. The molecule has 1 aliphatic rings. The highest BCUT2D eigenvalue weighted by molar-refractivity contribution is 5.73. The van der Waals surface area contributed by atoms with E-state index in [4.69, 9.17) is 5.73 Å². The number of piperidine rings is 1. The van der Waals surface area contributed by atoms with Crippen LogP contribution < -0.4 is 5.73 Å². The first-order valence-electron chi connectivity index (χ1n) is 6.94. The smallest absolute Gasteiger partial charge is 0.217 e. The number of carbonyl (C=O) groups excluding carboxylic acids is 1. The highest BCUT2D eigenvalue weighted by Crippen LogP contribution is 2.29. The maximum absolute atomic E-state index is 13.8. The maximum Gasteiger partial charge on any atom is 0.217 e. The third-order valence-corrected chi connectivity index (χ3v) is 4.10. The van der Waals surface area contributed by atoms with E-state index in [-0.39, 0.29) is 11.9 Å². The fraction of sp³-hybridized carbons (Fsp3) is 0.533. The van der Waals surface area contributed by atoms with Gasteiger partial charge < -0.3 is 5.73 Å². The van der Waals surface area contributed by atoms with Gasteiger partial charge in [-0.2, -0.15) is 0 Å². The molecule has 1 amide bonds. The Kier molecular flexibility index (Phi) is 4.70. The Morgan fingerprint density at radius 2 is 2.05 bits per heavy atom. The van der Waals surface area contributed by atoms with E-state index in [0.717, 1.165) is 32.0 Å². The summed E-state index contributed by atoms with van der Waals surface area (Å²) < 4.78 is 26.7. The zero-order chi connectivity index (χ0) is 14.7. The zero-order valence-electron chi connectivity index (χ0n) is 11.6. The van der Waals surface area contributed by atoms with Gasteiger partial charge in [0.1, 0.15) is 11.6 Å². The third-order valence-electron chi connectivity index (χ3n) is 4.10. The molecule has 2 N–H and O–H groups in total. The first-order chi connectivity index (χ1) is 9.47. The summed E-state index contributed by atoms with van der Waals surface area (Å²) >= 11 is 0. The number of rotatable bonds is 4. The van der Waals surface area contributed by atoms with Crippen molar-refractivity contribution < 1.29 is 13.6 Å². The normalized spacial score (nSPS) is 18.9. The number of benzene rings is 1. The lowest BCUT2D eigenvalue weighted by Gasteiger charge is -2.36. The van der Waals surface area contributed by atoms with Gasteiger partial charge in [0.15, 0.2) is 0 Å². The summed E-state index contributed by atoms with van der Waals surface area (Å²) in [5.74, 6) is -0.995. The number of nitrogens with two attached hydrogens (primary N) is 1. The van der Waals surface area contributed by atoms with Crippen molar-refractivity contribution in [2.45, 2.75) is 32.2 Å². The van der Waals surface area contributed by atoms with E-state index in [1.807, 2.05) is 6.92 Å². The van der Waals surface area contributed by atoms with Crippen LogP contribution >= 0.6 is 0 Å². The molecule has 0 spiro atoms. The highest BCUT2D eigenvalue weighted by Gasteiger charge is 2.25. The summed E-state index contributed by atoms with van der Waals surface area (Å²) in [6.45, 7) is 3.52. The van der Waals surface area contributed by atoms with Gasteiger partial charge in [-0.3, -0.25) is 9.69 Å². The van der Waals surface area contributed by atoms with Gasteiger partial charge in [-0.25, -0.2) is 8.78 Å². The Hall–Kier alpha value is -1.49. The van der Waals surface area contributed by atoms with Gasteiger partial charge in [-0.1, -0.05) is 6.07 Å². The Morgan fingerprint density at radius 3 is 2.60 bits per heavy atom. The number of amides is 1. The van der Waals surface area contributed by atoms with E-state index in [1.165, 1.54) is 12.1 Å². The molecule has 0 radical (unpaired) electrons. The molecule has 20 heavy (non-hydrogen) atoms. The van der Waals surface area contributed by atoms with Crippen molar-refractivity contribution in [3.63, 3.8) is 0 Å². The van der Waals surface area contributed by atoms with Gasteiger partial charge >= 0.3 is 0 Å². The first-order valence-corrected chi connectivity index (χ1v) is 6.94. The third kappa shape index (κ3) is 3.54. The molecule has 1 aromatic rings. The molecule has 110 valence electrons. The second-order valence-corrected chi connectivity index (χ2v) is 5.49. The van der Waals surface area contributed by atoms with Gasteiger partial charge in [0.05, 0.1) is 0 Å². The second kappa shape index (κ2) is 6.31. The van der Waals surface area contributed by atoms with Gasteiger partial charge in [0.25, 0.3) is 0 Å². The number of likely N-dealkylation sites (tertiary alicyclic amines) is 1. The van der Waals surface area contributed by atoms with Crippen molar-refractivity contribution in [2.75, 3.05) is 13.1 Å². The topological polar surface area (TPSA) is 46.3 Å². The fourth-order valence-corrected chi connectivity index (χ4v) is 2.87. The van der Waals surface area contributed by atoms with Crippen LogP contribution in [-0.4, -0.2) is 23.9 Å². The molecule has 5 heteroatoms. The molecule has 0 aromatic heterocycles. The standard InChI is InChI=1S/C15H20F2N2O/c1-10(13-3-2-12(16)9-14(13)17)19-6-4-11(5-7-19)8-15(18)20/h2-3,9-11H,4-8H2,1H3,(H2,18,20)/t10-/m1/s1. The summed E-state index contributed by atoms with van der Waals surface area (Å²) in [4.78, 5) is 13.1. The number of nitrogens with zero attached hydrogens (tertiary/aromatic N) is 1. The predicted molar refractivity (Wildman–Crippen MR) is 72.9 cm³/mol. The molecule has 1 aromatic carbocycles. The van der Waals surface area contributed by atoms with Crippen molar-refractivity contribution in [1.29, 1.82) is 0 Å². The van der Waals surface area contributed by atoms with Crippen molar-refractivity contribution in [3.8, 4) is 0 Å². The highest BCUT2D eigenvalue weighted by atomic mass is 19.1. The van der Waals surface area contributed by atoms with Gasteiger partial charge in [-0.05, 0) is 44.8 Å². The minimum Gasteiger partial charge on any atom is -0.370 e. The summed E-state index contributed by atoms with van der Waals surface area (Å²) in [6, 6.07) is 3.62. The Bertz CT molecular complexity index is 485. The Balaban J connectivity index is 1.97. The monoisotopic (exact) mass is 282 g/mol. The molecule has 0 saturated carbocycles. The van der Waals surface area contributed by atoms with Gasteiger partial charge in [-0.15, -0.1) is 0 Å². The lowest BCUT2D eigenvalue weighted by molar-refractivity contribution is -0.119. The van der Waals surface area contributed by atoms with Gasteiger partial charge in [0, 0.05) is 24.1 Å². The lowest BCUT2D eigenvalue weighted by atomic mass is 9.91. The number of halogens is 2. The SMILES string of the molecule is C[C@H](c1ccc(F)cc1F)N1CCC(CC(N)=O)CC1. The molecular formula is C15H20F2N2O. The summed E-state index contributed by atoms with van der Waals surface area (Å²) in [7, 11) is 0. The largest absolute Gasteiger partial charge is 0.370 e. The predicted octanol–water partition coefficient (Wildman–Crippen LogP) is 2.61. The van der Waals surface area contributed by atoms with E-state index in [1.54, 1.807) is 0 Å². The van der Waals surface area contributed by atoms with Crippen LogP contribution in [0.4, 0.5) is 8.78 Å². The van der Waals surface area contributed by atoms with E-state index >= 15 is 0 Å². The number of hydrogen-bond acceptors (Lipinski definition) is 2. The molecule has 1 fully saturated rings. The average molecular weight is 282 g/mol. The molecule has 1 saturated heterocycles. The van der Waals surface area contributed by atoms with Crippen LogP contribution in [0.1, 0.15) is 37.8 Å². The molecule has 1 aliphatic heterocycles. The average Bonchev–Trinajstić information content (AvgIpc) is 2.38. The molecular weight excluding hydrogens is 262 g/mol. The molecule has 1 heterocycles. The van der Waals surface area contributed by atoms with Crippen molar-refractivity contribution in [3.05, 3.63) is 35.4 Å². The van der Waals surface area contributed by atoms with Crippen LogP contribution in [0.15, 0.2) is 18.2 Å². The summed E-state index contributed by atoms with van der Waals surface area (Å²) in [5, 5.41) is 0. The second-order valence-electron chi connectivity index (χ2n) is 5.49. The van der Waals surface area contributed by atoms with Crippen molar-refractivity contribution in [2.24, 2.45) is 11.7 Å². The van der Waals surface area contributed by atoms with Crippen LogP contribution in [0.5, 0.6) is 0 Å². The fourth-order valence-electron chi connectivity index (χ4n) is 2.87. The van der Waals surface area contributed by atoms with E-state index < -0.39 is 11.6 Å². The van der Waals surface area contributed by atoms with Crippen LogP contribution in [0.2, 0.25) is 0 Å². The van der Waals surface area contributed by atoms with Crippen LogP contribution in [0.3, 0.4) is 0 Å². The van der Waals surface area contributed by atoms with Crippen LogP contribution in [-0.2, 0) is 4.79 Å². The quantitative estimate of drug-likeness (QED) is 0.922. The summed E-state index contributed by atoms with van der Waals surface area (Å²) in [6.07, 6.45) is 2.19. The number of carbonyl (C=O) groups is 1. The molecule has 1 atom stereocenters. The Labute approximate surface area is 117 Å². The van der Waals surface area contributed by atoms with Crippen LogP contribution in [0, 0.1) is 17.6 Å². The van der Waals surface area contributed by atoms with E-state index in [2.05, 4.69) is 4.90 Å². The molecule has 0 bridgehead atoms. The first kappa shape index (κ1) is 14.9. The van der Waals surface area contributed by atoms with Gasteiger partial charge in [0.2, 0.25) is 5.91 Å². The number of hydrogen-bond donors (Lipinski definition) is 1. The van der Waals surface area contributed by atoms with Crippen LogP contribution in [0.25, 0.3) is 0 Å². The molecule has 2 rings (SSSR count). The minimum absolute atomic E-state index is 0.0925. The number of primary amides is 1. The Morgan fingerprint density at radius 1 is 1.40 bits per heavy atom. The van der Waals surface area contributed by atoms with Crippen molar-refractivity contribution in [1.82, 2.24) is 4.90 Å². The molecule has 0 unspecified atom stereocenters. The van der Waals surface area contributed by atoms with E-state index in [0.29, 0.717) is 17.9 Å². The lowest BCUT2D eigenvalue weighted by Crippen LogP contribution is -2.37. The molecule has 3 nitrogen and oxygen atoms in total. The summed E-state index contributed by atoms with van der Waals surface area (Å²) in [5.41, 5.74) is 5.72. The van der Waals surface area contributed by atoms with E-state index in [9.17, 15) is 13.6 Å². The minimum atomic E-state index is -0.557. The molecule has 0 aliphatic carbocycles. The van der Waals surface area contributed by atoms with Crippen molar-refractivity contribution >= 4 is 5.91 Å².